The van der Waals surface area contributed by atoms with Crippen LogP contribution in [0.3, 0.4) is 0 Å². The maximum absolute atomic E-state index is 13.0. The van der Waals surface area contributed by atoms with E-state index in [-0.39, 0.29) is 11.6 Å². The Bertz CT molecular complexity index is 815. The third-order valence-electron chi connectivity index (χ3n) is 5.30. The zero-order valence-electron chi connectivity index (χ0n) is 15.1. The van der Waals surface area contributed by atoms with Crippen LogP contribution in [-0.4, -0.2) is 5.78 Å². The molecule has 2 aromatic carbocycles. The third kappa shape index (κ3) is 3.73. The van der Waals surface area contributed by atoms with Crippen LogP contribution in [0.25, 0.3) is 5.57 Å². The molecular formula is C23H25FO. The van der Waals surface area contributed by atoms with Crippen molar-refractivity contribution in [1.29, 1.82) is 0 Å². The zero-order chi connectivity index (χ0) is 18.0. The van der Waals surface area contributed by atoms with Gasteiger partial charge in [-0.05, 0) is 104 Å². The SMILES string of the molecule is C=C(CCC(=O)c1ccc(F)cc1)c1c(C)cc2c(c1C)CCCC2. The van der Waals surface area contributed by atoms with E-state index in [4.69, 9.17) is 0 Å². The minimum Gasteiger partial charge on any atom is -0.294 e. The maximum Gasteiger partial charge on any atom is 0.163 e. The summed E-state index contributed by atoms with van der Waals surface area (Å²) in [6, 6.07) is 8.08. The number of carbonyl (C=O) groups is 1. The normalized spacial score (nSPS) is 13.4. The van der Waals surface area contributed by atoms with Gasteiger partial charge in [-0.2, -0.15) is 0 Å². The molecule has 2 aromatic rings. The third-order valence-corrected chi connectivity index (χ3v) is 5.30. The fourth-order valence-corrected chi connectivity index (χ4v) is 4.01. The molecule has 0 atom stereocenters. The summed E-state index contributed by atoms with van der Waals surface area (Å²) in [5.41, 5.74) is 8.39. The molecule has 0 fully saturated rings. The van der Waals surface area contributed by atoms with E-state index in [9.17, 15) is 9.18 Å². The van der Waals surface area contributed by atoms with Crippen LogP contribution in [0.5, 0.6) is 0 Å². The van der Waals surface area contributed by atoms with E-state index in [0.717, 1.165) is 12.0 Å². The summed E-state index contributed by atoms with van der Waals surface area (Å²) in [6.45, 7) is 8.60. The van der Waals surface area contributed by atoms with Crippen molar-refractivity contribution in [1.82, 2.24) is 0 Å². The highest BCUT2D eigenvalue weighted by atomic mass is 19.1. The van der Waals surface area contributed by atoms with E-state index in [1.54, 1.807) is 12.1 Å². The van der Waals surface area contributed by atoms with E-state index in [1.165, 1.54) is 59.2 Å². The molecule has 0 bridgehead atoms. The number of allylic oxidation sites excluding steroid dienone is 1. The quantitative estimate of drug-likeness (QED) is 0.612. The van der Waals surface area contributed by atoms with Crippen molar-refractivity contribution in [2.45, 2.75) is 52.4 Å². The Labute approximate surface area is 149 Å². The fraction of sp³-hybridized carbons (Fsp3) is 0.348. The standard InChI is InChI=1S/C23H25FO/c1-15(8-13-22(25)18-9-11-20(24)12-10-18)23-16(2)14-19-6-4-5-7-21(19)17(23)3/h9-12,14H,1,4-8,13H2,2-3H3. The molecule has 0 heterocycles. The van der Waals surface area contributed by atoms with Crippen LogP contribution in [0.2, 0.25) is 0 Å². The number of ketones is 1. The fourth-order valence-electron chi connectivity index (χ4n) is 4.01. The topological polar surface area (TPSA) is 17.1 Å². The first-order chi connectivity index (χ1) is 12.0. The highest BCUT2D eigenvalue weighted by molar-refractivity contribution is 5.96. The van der Waals surface area contributed by atoms with Crippen molar-refractivity contribution in [3.8, 4) is 0 Å². The molecule has 1 aliphatic rings. The second-order valence-electron chi connectivity index (χ2n) is 7.07. The van der Waals surface area contributed by atoms with Gasteiger partial charge in [0.15, 0.2) is 5.78 Å². The van der Waals surface area contributed by atoms with Gasteiger partial charge >= 0.3 is 0 Å². The Morgan fingerprint density at radius 2 is 1.76 bits per heavy atom. The molecule has 3 rings (SSSR count). The Balaban J connectivity index is 1.75. The first-order valence-electron chi connectivity index (χ1n) is 9.06. The van der Waals surface area contributed by atoms with Crippen molar-refractivity contribution < 1.29 is 9.18 Å². The van der Waals surface area contributed by atoms with Gasteiger partial charge in [0, 0.05) is 12.0 Å². The van der Waals surface area contributed by atoms with Crippen LogP contribution in [-0.2, 0) is 12.8 Å². The van der Waals surface area contributed by atoms with Gasteiger partial charge in [0.05, 0.1) is 0 Å². The maximum atomic E-state index is 13.0. The van der Waals surface area contributed by atoms with E-state index in [1.807, 2.05) is 0 Å². The number of rotatable bonds is 5. The van der Waals surface area contributed by atoms with Gasteiger partial charge in [0.1, 0.15) is 5.82 Å². The van der Waals surface area contributed by atoms with Gasteiger partial charge in [0.2, 0.25) is 0 Å². The van der Waals surface area contributed by atoms with Crippen molar-refractivity contribution in [3.63, 3.8) is 0 Å². The lowest BCUT2D eigenvalue weighted by Crippen LogP contribution is -2.09. The lowest BCUT2D eigenvalue weighted by Gasteiger charge is -2.23. The average molecular weight is 336 g/mol. The van der Waals surface area contributed by atoms with E-state index in [2.05, 4.69) is 26.5 Å². The molecule has 0 aliphatic heterocycles. The second-order valence-corrected chi connectivity index (χ2v) is 7.07. The van der Waals surface area contributed by atoms with E-state index < -0.39 is 0 Å². The molecule has 0 amide bonds. The molecule has 0 spiro atoms. The number of hydrogen-bond acceptors (Lipinski definition) is 1. The first-order valence-corrected chi connectivity index (χ1v) is 9.06. The van der Waals surface area contributed by atoms with Crippen LogP contribution in [0, 0.1) is 19.7 Å². The molecule has 0 saturated heterocycles. The first kappa shape index (κ1) is 17.6. The van der Waals surface area contributed by atoms with Gasteiger partial charge in [-0.15, -0.1) is 0 Å². The summed E-state index contributed by atoms with van der Waals surface area (Å²) in [4.78, 5) is 12.3. The van der Waals surface area contributed by atoms with Crippen molar-refractivity contribution in [3.05, 3.63) is 76.1 Å². The molecule has 0 aromatic heterocycles. The number of aryl methyl sites for hydroxylation is 2. The minimum absolute atomic E-state index is 0.0365. The summed E-state index contributed by atoms with van der Waals surface area (Å²) in [5, 5.41) is 0. The van der Waals surface area contributed by atoms with E-state index >= 15 is 0 Å². The number of benzene rings is 2. The van der Waals surface area contributed by atoms with Gasteiger partial charge < -0.3 is 0 Å². The predicted octanol–water partition coefficient (Wildman–Crippen LogP) is 6.00. The second kappa shape index (κ2) is 7.35. The van der Waals surface area contributed by atoms with Crippen LogP contribution in [0.15, 0.2) is 36.9 Å². The summed E-state index contributed by atoms with van der Waals surface area (Å²) in [7, 11) is 0. The van der Waals surface area contributed by atoms with Crippen molar-refractivity contribution in [2.24, 2.45) is 0 Å². The smallest absolute Gasteiger partial charge is 0.163 e. The van der Waals surface area contributed by atoms with Crippen molar-refractivity contribution in [2.75, 3.05) is 0 Å². The van der Waals surface area contributed by atoms with Crippen LogP contribution >= 0.6 is 0 Å². The van der Waals surface area contributed by atoms with Gasteiger partial charge in [0.25, 0.3) is 0 Å². The highest BCUT2D eigenvalue weighted by Crippen LogP contribution is 2.33. The largest absolute Gasteiger partial charge is 0.294 e. The number of halogens is 1. The molecule has 0 saturated carbocycles. The lowest BCUT2D eigenvalue weighted by molar-refractivity contribution is 0.0984. The summed E-state index contributed by atoms with van der Waals surface area (Å²) < 4.78 is 13.0. The number of Topliss-reactive ketones (excluding diaryl/α,β-unsaturated/α-hetero) is 1. The predicted molar refractivity (Wildman–Crippen MR) is 102 cm³/mol. The monoisotopic (exact) mass is 336 g/mol. The average Bonchev–Trinajstić information content (AvgIpc) is 2.60. The Morgan fingerprint density at radius 3 is 2.48 bits per heavy atom. The number of hydrogen-bond donors (Lipinski definition) is 0. The Hall–Kier alpha value is -2.22. The molecule has 1 nitrogen and oxygen atoms in total. The molecule has 130 valence electrons. The molecular weight excluding hydrogens is 311 g/mol. The minimum atomic E-state index is -0.318. The molecule has 1 aliphatic carbocycles. The molecule has 25 heavy (non-hydrogen) atoms. The van der Waals surface area contributed by atoms with E-state index in [0.29, 0.717) is 18.4 Å². The van der Waals surface area contributed by atoms with Crippen LogP contribution in [0.4, 0.5) is 4.39 Å². The molecule has 2 heteroatoms. The number of fused-ring (bicyclic) bond motifs is 1. The van der Waals surface area contributed by atoms with Gasteiger partial charge in [-0.25, -0.2) is 4.39 Å². The summed E-state index contributed by atoms with van der Waals surface area (Å²) in [5.74, 6) is -0.282. The molecule has 0 unspecified atom stereocenters. The molecule has 0 radical (unpaired) electrons. The highest BCUT2D eigenvalue weighted by Gasteiger charge is 2.18. The lowest BCUT2D eigenvalue weighted by atomic mass is 9.82. The van der Waals surface area contributed by atoms with Gasteiger partial charge in [-0.1, -0.05) is 12.6 Å². The summed E-state index contributed by atoms with van der Waals surface area (Å²) in [6.07, 6.45) is 5.89. The van der Waals surface area contributed by atoms with Crippen LogP contribution in [0.1, 0.15) is 63.9 Å². The Morgan fingerprint density at radius 1 is 1.08 bits per heavy atom. The Kier molecular flexibility index (Phi) is 5.17. The van der Waals surface area contributed by atoms with Gasteiger partial charge in [-0.3, -0.25) is 4.79 Å². The van der Waals surface area contributed by atoms with Crippen LogP contribution < -0.4 is 0 Å². The molecule has 0 N–H and O–H groups in total. The van der Waals surface area contributed by atoms with Crippen molar-refractivity contribution >= 4 is 11.4 Å². The number of carbonyl (C=O) groups excluding carboxylic acids is 1. The summed E-state index contributed by atoms with van der Waals surface area (Å²) >= 11 is 0. The zero-order valence-corrected chi connectivity index (χ0v) is 15.1.